The van der Waals surface area contributed by atoms with Crippen molar-refractivity contribution in [3.05, 3.63) is 65.7 Å². The topological polar surface area (TPSA) is 39.5 Å². The van der Waals surface area contributed by atoms with Crippen LogP contribution in [0, 0.1) is 11.3 Å². The van der Waals surface area contributed by atoms with Crippen molar-refractivity contribution in [1.82, 2.24) is 9.80 Å². The van der Waals surface area contributed by atoms with Gasteiger partial charge in [0, 0.05) is 45.7 Å². The quantitative estimate of drug-likeness (QED) is 0.778. The van der Waals surface area contributed by atoms with Crippen LogP contribution in [0.5, 0.6) is 5.75 Å². The molecule has 2 aromatic carbocycles. The van der Waals surface area contributed by atoms with E-state index in [9.17, 15) is 0 Å². The van der Waals surface area contributed by atoms with Crippen molar-refractivity contribution in [1.29, 1.82) is 5.26 Å². The summed E-state index contributed by atoms with van der Waals surface area (Å²) in [5.41, 5.74) is 2.50. The molecule has 1 aliphatic rings. The predicted octanol–water partition coefficient (Wildman–Crippen LogP) is 3.30. The highest BCUT2D eigenvalue weighted by Crippen LogP contribution is 2.16. The lowest BCUT2D eigenvalue weighted by Gasteiger charge is -2.34. The Bertz CT molecular complexity index is 671. The molecule has 3 rings (SSSR count). The number of hydrogen-bond donors (Lipinski definition) is 0. The molecule has 0 amide bonds. The summed E-state index contributed by atoms with van der Waals surface area (Å²) in [7, 11) is 0. The lowest BCUT2D eigenvalue weighted by Crippen LogP contribution is -2.46. The first-order valence-corrected chi connectivity index (χ1v) is 8.91. The molecule has 0 aromatic heterocycles. The van der Waals surface area contributed by atoms with Gasteiger partial charge in [-0.05, 0) is 23.3 Å². The van der Waals surface area contributed by atoms with E-state index in [1.165, 1.54) is 11.1 Å². The van der Waals surface area contributed by atoms with Crippen LogP contribution in [-0.4, -0.2) is 42.5 Å². The second kappa shape index (κ2) is 9.22. The van der Waals surface area contributed by atoms with Gasteiger partial charge in [0.1, 0.15) is 12.4 Å². The zero-order chi connectivity index (χ0) is 17.3. The molecule has 0 bridgehead atoms. The van der Waals surface area contributed by atoms with Crippen LogP contribution in [0.1, 0.15) is 17.5 Å². The molecule has 0 unspecified atom stereocenters. The van der Waals surface area contributed by atoms with E-state index in [0.717, 1.165) is 45.0 Å². The van der Waals surface area contributed by atoms with Gasteiger partial charge in [-0.25, -0.2) is 0 Å². The van der Waals surface area contributed by atoms with Crippen molar-refractivity contribution in [2.24, 2.45) is 0 Å². The van der Waals surface area contributed by atoms with Gasteiger partial charge in [-0.1, -0.05) is 42.5 Å². The molecule has 0 N–H and O–H groups in total. The first-order valence-electron chi connectivity index (χ1n) is 8.91. The van der Waals surface area contributed by atoms with E-state index in [4.69, 9.17) is 10.00 Å². The van der Waals surface area contributed by atoms with Crippen LogP contribution in [0.4, 0.5) is 0 Å². The first-order chi connectivity index (χ1) is 12.3. The average Bonchev–Trinajstić information content (AvgIpc) is 2.68. The predicted molar refractivity (Wildman–Crippen MR) is 99.2 cm³/mol. The molecular weight excluding hydrogens is 310 g/mol. The highest BCUT2D eigenvalue weighted by Gasteiger charge is 2.16. The van der Waals surface area contributed by atoms with Gasteiger partial charge in [0.05, 0.1) is 6.07 Å². The summed E-state index contributed by atoms with van der Waals surface area (Å²) in [5, 5.41) is 8.67. The summed E-state index contributed by atoms with van der Waals surface area (Å²) in [4.78, 5) is 4.85. The fourth-order valence-corrected chi connectivity index (χ4v) is 3.07. The maximum absolute atomic E-state index is 8.67. The molecule has 1 saturated heterocycles. The van der Waals surface area contributed by atoms with Gasteiger partial charge in [-0.15, -0.1) is 0 Å². The maximum atomic E-state index is 8.67. The van der Waals surface area contributed by atoms with E-state index in [2.05, 4.69) is 52.3 Å². The van der Waals surface area contributed by atoms with E-state index < -0.39 is 0 Å². The molecule has 130 valence electrons. The lowest BCUT2D eigenvalue weighted by molar-refractivity contribution is 0.129. The molecule has 0 spiro atoms. The van der Waals surface area contributed by atoms with Crippen molar-refractivity contribution < 1.29 is 4.74 Å². The molecule has 2 aromatic rings. The van der Waals surface area contributed by atoms with E-state index in [0.29, 0.717) is 13.0 Å². The number of hydrogen-bond acceptors (Lipinski definition) is 4. The van der Waals surface area contributed by atoms with Crippen LogP contribution in [0.25, 0.3) is 0 Å². The van der Waals surface area contributed by atoms with Gasteiger partial charge < -0.3 is 4.74 Å². The van der Waals surface area contributed by atoms with Gasteiger partial charge >= 0.3 is 0 Å². The summed E-state index contributed by atoms with van der Waals surface area (Å²) in [6.45, 7) is 6.73. The molecule has 0 radical (unpaired) electrons. The zero-order valence-electron chi connectivity index (χ0n) is 14.6. The molecule has 1 heterocycles. The summed E-state index contributed by atoms with van der Waals surface area (Å²) >= 11 is 0. The minimum atomic E-state index is 0.602. The molecule has 1 fully saturated rings. The van der Waals surface area contributed by atoms with Crippen LogP contribution in [0.3, 0.4) is 0 Å². The van der Waals surface area contributed by atoms with Crippen molar-refractivity contribution in [2.75, 3.05) is 32.7 Å². The molecule has 25 heavy (non-hydrogen) atoms. The molecule has 4 heteroatoms. The Balaban J connectivity index is 1.43. The third-order valence-electron chi connectivity index (χ3n) is 4.58. The van der Waals surface area contributed by atoms with Crippen LogP contribution in [-0.2, 0) is 13.2 Å². The minimum absolute atomic E-state index is 0.602. The number of ether oxygens (including phenoxy) is 1. The Morgan fingerprint density at radius 3 is 2.20 bits per heavy atom. The van der Waals surface area contributed by atoms with Crippen LogP contribution >= 0.6 is 0 Å². The van der Waals surface area contributed by atoms with Crippen molar-refractivity contribution in [3.8, 4) is 11.8 Å². The first kappa shape index (κ1) is 17.5. The monoisotopic (exact) mass is 335 g/mol. The standard InChI is InChI=1S/C21H25N3O/c22-11-4-12-23-13-15-24(16-14-23)17-19-7-9-21(10-8-19)25-18-20-5-2-1-3-6-20/h1-3,5-10H,4,12-18H2. The summed E-state index contributed by atoms with van der Waals surface area (Å²) in [6, 6.07) is 20.9. The van der Waals surface area contributed by atoms with Crippen molar-refractivity contribution in [3.63, 3.8) is 0 Å². The third kappa shape index (κ3) is 5.60. The number of nitriles is 1. The largest absolute Gasteiger partial charge is 0.489 e. The second-order valence-corrected chi connectivity index (χ2v) is 6.44. The minimum Gasteiger partial charge on any atom is -0.489 e. The number of rotatable bonds is 7. The van der Waals surface area contributed by atoms with Gasteiger partial charge in [-0.2, -0.15) is 5.26 Å². The van der Waals surface area contributed by atoms with E-state index in [1.807, 2.05) is 18.2 Å². The molecular formula is C21H25N3O. The Labute approximate surface area is 150 Å². The Morgan fingerprint density at radius 1 is 0.840 bits per heavy atom. The molecule has 0 saturated carbocycles. The van der Waals surface area contributed by atoms with Crippen LogP contribution in [0.2, 0.25) is 0 Å². The maximum Gasteiger partial charge on any atom is 0.119 e. The lowest BCUT2D eigenvalue weighted by atomic mass is 10.2. The number of benzene rings is 2. The zero-order valence-corrected chi connectivity index (χ0v) is 14.6. The Kier molecular flexibility index (Phi) is 6.44. The summed E-state index contributed by atoms with van der Waals surface area (Å²) < 4.78 is 5.84. The van der Waals surface area contributed by atoms with Gasteiger partial charge in [0.2, 0.25) is 0 Å². The summed E-state index contributed by atoms with van der Waals surface area (Å²) in [6.07, 6.45) is 0.629. The molecule has 1 aliphatic heterocycles. The number of piperazine rings is 1. The van der Waals surface area contributed by atoms with Gasteiger partial charge in [0.25, 0.3) is 0 Å². The second-order valence-electron chi connectivity index (χ2n) is 6.44. The average molecular weight is 335 g/mol. The van der Waals surface area contributed by atoms with E-state index >= 15 is 0 Å². The smallest absolute Gasteiger partial charge is 0.119 e. The van der Waals surface area contributed by atoms with E-state index in [-0.39, 0.29) is 0 Å². The van der Waals surface area contributed by atoms with Gasteiger partial charge in [-0.3, -0.25) is 9.80 Å². The summed E-state index contributed by atoms with van der Waals surface area (Å²) in [5.74, 6) is 0.911. The Hall–Kier alpha value is -2.35. The molecule has 0 atom stereocenters. The fraction of sp³-hybridized carbons (Fsp3) is 0.381. The normalized spacial score (nSPS) is 15.6. The molecule has 4 nitrogen and oxygen atoms in total. The van der Waals surface area contributed by atoms with Crippen LogP contribution < -0.4 is 4.74 Å². The Morgan fingerprint density at radius 2 is 1.52 bits per heavy atom. The van der Waals surface area contributed by atoms with Crippen molar-refractivity contribution in [2.45, 2.75) is 19.6 Å². The highest BCUT2D eigenvalue weighted by molar-refractivity contribution is 5.27. The van der Waals surface area contributed by atoms with E-state index in [1.54, 1.807) is 0 Å². The SMILES string of the molecule is N#CCCN1CCN(Cc2ccc(OCc3ccccc3)cc2)CC1. The van der Waals surface area contributed by atoms with Crippen LogP contribution in [0.15, 0.2) is 54.6 Å². The fourth-order valence-electron chi connectivity index (χ4n) is 3.07. The highest BCUT2D eigenvalue weighted by atomic mass is 16.5. The molecule has 0 aliphatic carbocycles. The third-order valence-corrected chi connectivity index (χ3v) is 4.58. The van der Waals surface area contributed by atoms with Gasteiger partial charge in [0.15, 0.2) is 0 Å². The van der Waals surface area contributed by atoms with Crippen molar-refractivity contribution >= 4 is 0 Å². The number of nitrogens with zero attached hydrogens (tertiary/aromatic N) is 3.